The van der Waals surface area contributed by atoms with Crippen LogP contribution in [-0.2, 0) is 30.6 Å². The van der Waals surface area contributed by atoms with Crippen molar-refractivity contribution < 1.29 is 40.7 Å². The molecule has 2 saturated carbocycles. The van der Waals surface area contributed by atoms with E-state index in [9.17, 15) is 36.0 Å². The number of para-hydroxylation sites is 2. The van der Waals surface area contributed by atoms with Gasteiger partial charge in [0.1, 0.15) is 29.2 Å². The van der Waals surface area contributed by atoms with E-state index >= 15 is 0 Å². The van der Waals surface area contributed by atoms with Crippen molar-refractivity contribution in [3.05, 3.63) is 66.2 Å². The molecule has 4 aliphatic rings. The third-order valence-corrected chi connectivity index (χ3v) is 13.5. The first kappa shape index (κ1) is 38.7. The monoisotopic (exact) mass is 784 g/mol. The van der Waals surface area contributed by atoms with Gasteiger partial charge in [0.15, 0.2) is 0 Å². The Morgan fingerprint density at radius 2 is 1.80 bits per heavy atom. The molecular formula is C39H47F3N6O6S. The topological polar surface area (TPSA) is 152 Å². The first-order chi connectivity index (χ1) is 26.0. The Hall–Kier alpha value is -4.60. The molecule has 1 aromatic heterocycles. The van der Waals surface area contributed by atoms with Crippen molar-refractivity contribution in [2.24, 2.45) is 5.92 Å². The number of alkyl halides is 3. The number of sulfonamides is 1. The minimum Gasteiger partial charge on any atom is -0.459 e. The SMILES string of the molecule is CC(C)n1c(O[C@@H]2C[C@H]3C(=O)N[C@]4(C(=O)NS(=O)(=O)C5(C)CC5)C[C@H]4/C=C\CCCCC[C@H](Nc4ccccc4)C(=O)N3C2)nc2c(C(F)(F)F)cccc21. The molecule has 7 rings (SSSR count). The summed E-state index contributed by atoms with van der Waals surface area (Å²) in [5.74, 6) is -2.34. The highest BCUT2D eigenvalue weighted by Crippen LogP contribution is 2.48. The van der Waals surface area contributed by atoms with Gasteiger partial charge in [-0.3, -0.25) is 23.7 Å². The normalized spacial score (nSPS) is 27.7. The highest BCUT2D eigenvalue weighted by Gasteiger charge is 2.63. The molecule has 1 saturated heterocycles. The predicted octanol–water partition coefficient (Wildman–Crippen LogP) is 5.86. The molecule has 12 nitrogen and oxygen atoms in total. The molecule has 2 aromatic carbocycles. The van der Waals surface area contributed by atoms with Crippen molar-refractivity contribution in [2.75, 3.05) is 11.9 Å². The standard InChI is InChI=1S/C39H47F3N6O6S/c1-24(2)48-30-18-12-16-28(39(40,41)42)32(30)44-36(48)54-27-21-31-33(49)45-38(35(51)46-55(52,53)37(3)19-20-37)22-25(38)13-8-5-4-6-11-17-29(34(50)47(31)23-27)43-26-14-9-7-10-15-26/h7-10,12-16,18,24-25,27,29,31,43H,4-6,11,17,19-23H2,1-3H3,(H,45,49)(H,46,51)/b13-8-/t25-,27-,29+,31+,38-/m1/s1. The van der Waals surface area contributed by atoms with Crippen molar-refractivity contribution in [3.8, 4) is 6.01 Å². The van der Waals surface area contributed by atoms with Gasteiger partial charge in [-0.2, -0.15) is 18.2 Å². The van der Waals surface area contributed by atoms with Crippen LogP contribution in [0, 0.1) is 5.92 Å². The van der Waals surface area contributed by atoms with E-state index < -0.39 is 68.0 Å². The van der Waals surface area contributed by atoms with Crippen LogP contribution >= 0.6 is 0 Å². The maximum atomic E-state index is 14.6. The average molecular weight is 785 g/mol. The van der Waals surface area contributed by atoms with E-state index in [1.807, 2.05) is 42.5 Å². The largest absolute Gasteiger partial charge is 0.459 e. The minimum absolute atomic E-state index is 0.0579. The van der Waals surface area contributed by atoms with Crippen molar-refractivity contribution in [1.82, 2.24) is 24.5 Å². The summed E-state index contributed by atoms with van der Waals surface area (Å²) in [6, 6.07) is 10.7. The number of carbonyl (C=O) groups excluding carboxylic acids is 3. The summed E-state index contributed by atoms with van der Waals surface area (Å²) in [6.45, 7) is 5.06. The van der Waals surface area contributed by atoms with Crippen LogP contribution in [0.5, 0.6) is 6.01 Å². The Morgan fingerprint density at radius 3 is 2.49 bits per heavy atom. The van der Waals surface area contributed by atoms with Crippen LogP contribution in [0.3, 0.4) is 0 Å². The molecule has 0 spiro atoms. The maximum Gasteiger partial charge on any atom is 0.418 e. The molecule has 55 heavy (non-hydrogen) atoms. The third kappa shape index (κ3) is 7.66. The molecule has 3 heterocycles. The summed E-state index contributed by atoms with van der Waals surface area (Å²) in [7, 11) is -4.02. The smallest absolute Gasteiger partial charge is 0.418 e. The van der Waals surface area contributed by atoms with E-state index in [4.69, 9.17) is 4.74 Å². The number of imidazole rings is 1. The number of anilines is 1. The van der Waals surface area contributed by atoms with Gasteiger partial charge in [-0.15, -0.1) is 0 Å². The molecule has 3 fully saturated rings. The van der Waals surface area contributed by atoms with Crippen LogP contribution in [0.4, 0.5) is 18.9 Å². The number of rotatable bonds is 8. The lowest BCUT2D eigenvalue weighted by Gasteiger charge is -2.30. The fraction of sp³-hybridized carbons (Fsp3) is 0.538. The van der Waals surface area contributed by atoms with Gasteiger partial charge in [0.2, 0.25) is 21.8 Å². The van der Waals surface area contributed by atoms with E-state index in [1.54, 1.807) is 25.3 Å². The van der Waals surface area contributed by atoms with Gasteiger partial charge in [0.25, 0.3) is 11.9 Å². The van der Waals surface area contributed by atoms with E-state index in [0.29, 0.717) is 37.8 Å². The number of halogens is 3. The lowest BCUT2D eigenvalue weighted by Crippen LogP contribution is -2.58. The van der Waals surface area contributed by atoms with Gasteiger partial charge in [-0.25, -0.2) is 8.42 Å². The second kappa shape index (κ2) is 14.5. The number of nitrogens with zero attached hydrogens (tertiary/aromatic N) is 3. The summed E-state index contributed by atoms with van der Waals surface area (Å²) in [4.78, 5) is 48.6. The molecule has 2 aliphatic carbocycles. The molecule has 2 aliphatic heterocycles. The number of aromatic nitrogens is 2. The second-order valence-electron chi connectivity index (χ2n) is 15.8. The highest BCUT2D eigenvalue weighted by molar-refractivity contribution is 7.91. The fourth-order valence-corrected chi connectivity index (χ4v) is 9.05. The van der Waals surface area contributed by atoms with Gasteiger partial charge in [-0.05, 0) is 83.6 Å². The maximum absolute atomic E-state index is 14.6. The van der Waals surface area contributed by atoms with Crippen molar-refractivity contribution in [1.29, 1.82) is 0 Å². The van der Waals surface area contributed by atoms with Gasteiger partial charge < -0.3 is 20.3 Å². The number of nitrogens with one attached hydrogen (secondary N) is 3. The van der Waals surface area contributed by atoms with Crippen molar-refractivity contribution in [2.45, 2.75) is 119 Å². The zero-order valence-corrected chi connectivity index (χ0v) is 31.9. The zero-order valence-electron chi connectivity index (χ0n) is 31.1. The van der Waals surface area contributed by atoms with Crippen LogP contribution in [0.25, 0.3) is 11.0 Å². The number of ether oxygens (including phenoxy) is 1. The number of hydrogen-bond donors (Lipinski definition) is 3. The Balaban J connectivity index is 1.23. The molecule has 5 atom stereocenters. The summed E-state index contributed by atoms with van der Waals surface area (Å²) >= 11 is 0. The molecule has 16 heteroatoms. The lowest BCUT2D eigenvalue weighted by atomic mass is 10.0. The predicted molar refractivity (Wildman–Crippen MR) is 199 cm³/mol. The third-order valence-electron chi connectivity index (χ3n) is 11.4. The lowest BCUT2D eigenvalue weighted by molar-refractivity contribution is -0.140. The quantitative estimate of drug-likeness (QED) is 0.241. The summed E-state index contributed by atoms with van der Waals surface area (Å²) < 4.78 is 77.5. The molecule has 0 radical (unpaired) electrons. The van der Waals surface area contributed by atoms with Gasteiger partial charge in [0.05, 0.1) is 22.4 Å². The van der Waals surface area contributed by atoms with Crippen LogP contribution in [0.15, 0.2) is 60.7 Å². The molecule has 3 aromatic rings. The highest BCUT2D eigenvalue weighted by atomic mass is 32.2. The Bertz CT molecular complexity index is 2100. The Kier molecular flexibility index (Phi) is 10.2. The summed E-state index contributed by atoms with van der Waals surface area (Å²) in [5.41, 5.74) is -1.80. The number of benzene rings is 2. The van der Waals surface area contributed by atoms with E-state index in [1.165, 1.54) is 17.0 Å². The Morgan fingerprint density at radius 1 is 1.05 bits per heavy atom. The van der Waals surface area contributed by atoms with Gasteiger partial charge in [-0.1, -0.05) is 49.3 Å². The van der Waals surface area contributed by atoms with E-state index in [-0.39, 0.29) is 48.4 Å². The summed E-state index contributed by atoms with van der Waals surface area (Å²) in [5, 5.41) is 6.20. The van der Waals surface area contributed by atoms with E-state index in [0.717, 1.165) is 18.9 Å². The van der Waals surface area contributed by atoms with E-state index in [2.05, 4.69) is 20.3 Å². The minimum atomic E-state index is -4.66. The molecule has 3 amide bonds. The molecular weight excluding hydrogens is 738 g/mol. The number of allylic oxidation sites excluding steroid dienone is 1. The number of hydrogen-bond acceptors (Lipinski definition) is 8. The average Bonchev–Trinajstić information content (AvgIpc) is 3.95. The summed E-state index contributed by atoms with van der Waals surface area (Å²) in [6.07, 6.45) is 2.73. The first-order valence-electron chi connectivity index (χ1n) is 19.0. The molecule has 0 unspecified atom stereocenters. The Labute approximate surface area is 318 Å². The fourth-order valence-electron chi connectivity index (χ4n) is 7.74. The number of amides is 3. The van der Waals surface area contributed by atoms with Crippen LogP contribution in [0.2, 0.25) is 0 Å². The second-order valence-corrected chi connectivity index (χ2v) is 18.0. The molecule has 0 bridgehead atoms. The van der Waals surface area contributed by atoms with Gasteiger partial charge in [0, 0.05) is 24.1 Å². The number of fused-ring (bicyclic) bond motifs is 3. The first-order valence-corrected chi connectivity index (χ1v) is 20.4. The van der Waals surface area contributed by atoms with Crippen LogP contribution in [-0.4, -0.2) is 75.6 Å². The molecule has 296 valence electrons. The van der Waals surface area contributed by atoms with Crippen molar-refractivity contribution in [3.63, 3.8) is 0 Å². The van der Waals surface area contributed by atoms with Crippen LogP contribution in [0.1, 0.15) is 90.2 Å². The zero-order chi connectivity index (χ0) is 39.3. The number of carbonyl (C=O) groups is 3. The molecule has 3 N–H and O–H groups in total. The van der Waals surface area contributed by atoms with Crippen molar-refractivity contribution >= 4 is 44.5 Å². The van der Waals surface area contributed by atoms with Crippen LogP contribution < -0.4 is 20.1 Å². The van der Waals surface area contributed by atoms with Gasteiger partial charge >= 0.3 is 6.18 Å².